The summed E-state index contributed by atoms with van der Waals surface area (Å²) in [7, 11) is 0. The predicted molar refractivity (Wildman–Crippen MR) is 114 cm³/mol. The minimum atomic E-state index is -0.473. The van der Waals surface area contributed by atoms with Gasteiger partial charge in [0.15, 0.2) is 0 Å². The maximum absolute atomic E-state index is 13.8. The van der Waals surface area contributed by atoms with Crippen LogP contribution < -0.4 is 10.6 Å². The molecular formula is C21H24BrFN4O2. The average molecular weight is 463 g/mol. The lowest BCUT2D eigenvalue weighted by atomic mass is 10.2. The van der Waals surface area contributed by atoms with E-state index in [0.29, 0.717) is 43.7 Å². The summed E-state index contributed by atoms with van der Waals surface area (Å²) in [4.78, 5) is 28.4. The molecule has 0 aromatic heterocycles. The average Bonchev–Trinajstić information content (AvgIpc) is 2.71. The van der Waals surface area contributed by atoms with Gasteiger partial charge < -0.3 is 10.6 Å². The monoisotopic (exact) mass is 462 g/mol. The summed E-state index contributed by atoms with van der Waals surface area (Å²) in [6.07, 6.45) is 0. The Labute approximate surface area is 178 Å². The van der Waals surface area contributed by atoms with Gasteiger partial charge in [0, 0.05) is 37.2 Å². The van der Waals surface area contributed by atoms with Crippen LogP contribution in [0.1, 0.15) is 5.56 Å². The van der Waals surface area contributed by atoms with Crippen LogP contribution in [0.25, 0.3) is 0 Å². The molecule has 0 aliphatic carbocycles. The Morgan fingerprint density at radius 3 is 2.17 bits per heavy atom. The van der Waals surface area contributed by atoms with Crippen LogP contribution >= 0.6 is 15.9 Å². The molecule has 1 fully saturated rings. The van der Waals surface area contributed by atoms with Crippen molar-refractivity contribution < 1.29 is 14.0 Å². The van der Waals surface area contributed by atoms with Gasteiger partial charge in [-0.3, -0.25) is 19.4 Å². The normalized spacial score (nSPS) is 15.1. The summed E-state index contributed by atoms with van der Waals surface area (Å²) in [5.74, 6) is -0.731. The zero-order valence-corrected chi connectivity index (χ0v) is 17.6. The standard InChI is InChI=1S/C21H24BrFN4O2/c22-17-6-7-19(18(23)12-17)25-21(29)15-27-10-8-26(9-11-27)14-20(28)24-13-16-4-2-1-3-5-16/h1-7,12H,8-11,13-15H2,(H,24,28)(H,25,29). The van der Waals surface area contributed by atoms with Crippen molar-refractivity contribution in [2.75, 3.05) is 44.6 Å². The second kappa shape index (κ2) is 10.5. The van der Waals surface area contributed by atoms with Crippen LogP contribution in [-0.4, -0.2) is 60.9 Å². The summed E-state index contributed by atoms with van der Waals surface area (Å²) in [6.45, 7) is 3.84. The highest BCUT2D eigenvalue weighted by Gasteiger charge is 2.21. The topological polar surface area (TPSA) is 64.7 Å². The molecule has 0 saturated carbocycles. The first kappa shape index (κ1) is 21.4. The molecule has 2 aromatic carbocycles. The van der Waals surface area contributed by atoms with Gasteiger partial charge in [0.05, 0.1) is 18.8 Å². The number of rotatable bonds is 7. The highest BCUT2D eigenvalue weighted by Crippen LogP contribution is 2.19. The maximum Gasteiger partial charge on any atom is 0.238 e. The number of carbonyl (C=O) groups is 2. The van der Waals surface area contributed by atoms with Gasteiger partial charge in [0.2, 0.25) is 11.8 Å². The fraction of sp³-hybridized carbons (Fsp3) is 0.333. The Morgan fingerprint density at radius 2 is 1.55 bits per heavy atom. The Morgan fingerprint density at radius 1 is 0.931 bits per heavy atom. The van der Waals surface area contributed by atoms with Crippen molar-refractivity contribution in [3.63, 3.8) is 0 Å². The molecule has 29 heavy (non-hydrogen) atoms. The number of carbonyl (C=O) groups excluding carboxylic acids is 2. The van der Waals surface area contributed by atoms with Crippen LogP contribution in [0.4, 0.5) is 10.1 Å². The molecule has 1 aliphatic heterocycles. The number of amides is 2. The van der Waals surface area contributed by atoms with Crippen LogP contribution in [-0.2, 0) is 16.1 Å². The fourth-order valence-electron chi connectivity index (χ4n) is 3.14. The van der Waals surface area contributed by atoms with Crippen molar-refractivity contribution in [3.05, 3.63) is 64.4 Å². The van der Waals surface area contributed by atoms with Gasteiger partial charge in [-0.2, -0.15) is 0 Å². The van der Waals surface area contributed by atoms with Crippen LogP contribution in [0.5, 0.6) is 0 Å². The van der Waals surface area contributed by atoms with E-state index in [0.717, 1.165) is 5.56 Å². The van der Waals surface area contributed by atoms with E-state index in [1.165, 1.54) is 12.1 Å². The summed E-state index contributed by atoms with van der Waals surface area (Å²) in [5.41, 5.74) is 1.24. The minimum Gasteiger partial charge on any atom is -0.351 e. The molecule has 1 aliphatic rings. The molecule has 2 amide bonds. The van der Waals surface area contributed by atoms with Crippen molar-refractivity contribution in [1.29, 1.82) is 0 Å². The maximum atomic E-state index is 13.8. The Bertz CT molecular complexity index is 842. The first-order valence-corrected chi connectivity index (χ1v) is 10.3. The van der Waals surface area contributed by atoms with E-state index >= 15 is 0 Å². The van der Waals surface area contributed by atoms with E-state index in [9.17, 15) is 14.0 Å². The van der Waals surface area contributed by atoms with E-state index in [2.05, 4.69) is 31.5 Å². The zero-order chi connectivity index (χ0) is 20.6. The van der Waals surface area contributed by atoms with Crippen LogP contribution in [0, 0.1) is 5.82 Å². The molecule has 0 bridgehead atoms. The largest absolute Gasteiger partial charge is 0.351 e. The number of piperazine rings is 1. The van der Waals surface area contributed by atoms with Crippen LogP contribution in [0.2, 0.25) is 0 Å². The number of hydrogen-bond donors (Lipinski definition) is 2. The van der Waals surface area contributed by atoms with Gasteiger partial charge in [-0.25, -0.2) is 4.39 Å². The van der Waals surface area contributed by atoms with Gasteiger partial charge in [-0.1, -0.05) is 46.3 Å². The van der Waals surface area contributed by atoms with E-state index in [1.54, 1.807) is 6.07 Å². The molecule has 8 heteroatoms. The van der Waals surface area contributed by atoms with Crippen molar-refractivity contribution >= 4 is 33.4 Å². The van der Waals surface area contributed by atoms with E-state index in [-0.39, 0.29) is 24.0 Å². The minimum absolute atomic E-state index is 0.00856. The van der Waals surface area contributed by atoms with Gasteiger partial charge in [0.1, 0.15) is 5.82 Å². The lowest BCUT2D eigenvalue weighted by Gasteiger charge is -2.33. The van der Waals surface area contributed by atoms with E-state index in [4.69, 9.17) is 0 Å². The number of nitrogens with zero attached hydrogens (tertiary/aromatic N) is 2. The second-order valence-electron chi connectivity index (χ2n) is 6.99. The van der Waals surface area contributed by atoms with E-state index < -0.39 is 5.82 Å². The van der Waals surface area contributed by atoms with Gasteiger partial charge in [-0.15, -0.1) is 0 Å². The van der Waals surface area contributed by atoms with Crippen molar-refractivity contribution in [3.8, 4) is 0 Å². The Kier molecular flexibility index (Phi) is 7.74. The second-order valence-corrected chi connectivity index (χ2v) is 7.90. The SMILES string of the molecule is O=C(CN1CCN(CC(=O)Nc2ccc(Br)cc2F)CC1)NCc1ccccc1. The molecule has 6 nitrogen and oxygen atoms in total. The van der Waals surface area contributed by atoms with E-state index in [1.807, 2.05) is 35.2 Å². The Hall–Kier alpha value is -2.29. The molecule has 0 radical (unpaired) electrons. The zero-order valence-electron chi connectivity index (χ0n) is 16.0. The quantitative estimate of drug-likeness (QED) is 0.663. The number of anilines is 1. The number of halogens is 2. The molecule has 0 spiro atoms. The number of benzene rings is 2. The first-order valence-electron chi connectivity index (χ1n) is 9.50. The van der Waals surface area contributed by atoms with Crippen molar-refractivity contribution in [2.45, 2.75) is 6.54 Å². The molecular weight excluding hydrogens is 439 g/mol. The molecule has 0 unspecified atom stereocenters. The first-order chi connectivity index (χ1) is 14.0. The molecule has 1 heterocycles. The molecule has 3 rings (SSSR count). The third-order valence-corrected chi connectivity index (χ3v) is 5.23. The fourth-order valence-corrected chi connectivity index (χ4v) is 3.48. The summed E-state index contributed by atoms with van der Waals surface area (Å²) in [6, 6.07) is 14.3. The molecule has 2 aromatic rings. The summed E-state index contributed by atoms with van der Waals surface area (Å²) < 4.78 is 14.5. The summed E-state index contributed by atoms with van der Waals surface area (Å²) >= 11 is 3.19. The van der Waals surface area contributed by atoms with Crippen molar-refractivity contribution in [1.82, 2.24) is 15.1 Å². The lowest BCUT2D eigenvalue weighted by molar-refractivity contribution is -0.123. The smallest absolute Gasteiger partial charge is 0.238 e. The molecule has 2 N–H and O–H groups in total. The molecule has 0 atom stereocenters. The Balaban J connectivity index is 1.36. The van der Waals surface area contributed by atoms with Gasteiger partial charge in [0.25, 0.3) is 0 Å². The molecule has 154 valence electrons. The van der Waals surface area contributed by atoms with Crippen LogP contribution in [0.3, 0.4) is 0 Å². The third-order valence-electron chi connectivity index (χ3n) is 4.74. The van der Waals surface area contributed by atoms with Crippen molar-refractivity contribution in [2.24, 2.45) is 0 Å². The number of nitrogens with one attached hydrogen (secondary N) is 2. The third kappa shape index (κ3) is 6.92. The predicted octanol–water partition coefficient (Wildman–Crippen LogP) is 2.46. The van der Waals surface area contributed by atoms with Gasteiger partial charge in [-0.05, 0) is 23.8 Å². The lowest BCUT2D eigenvalue weighted by Crippen LogP contribution is -2.50. The highest BCUT2D eigenvalue weighted by atomic mass is 79.9. The highest BCUT2D eigenvalue weighted by molar-refractivity contribution is 9.10. The van der Waals surface area contributed by atoms with Gasteiger partial charge >= 0.3 is 0 Å². The molecule has 1 saturated heterocycles. The van der Waals surface area contributed by atoms with Crippen LogP contribution in [0.15, 0.2) is 53.0 Å². The summed E-state index contributed by atoms with van der Waals surface area (Å²) in [5, 5.41) is 5.54. The number of hydrogen-bond acceptors (Lipinski definition) is 4.